The second kappa shape index (κ2) is 7.43. The van der Waals surface area contributed by atoms with Crippen LogP contribution in [0.1, 0.15) is 19.3 Å². The molecule has 0 saturated carbocycles. The van der Waals surface area contributed by atoms with Gasteiger partial charge in [0.2, 0.25) is 11.8 Å². The molecule has 1 aromatic carbocycles. The smallest absolute Gasteiger partial charge is 0.249 e. The summed E-state index contributed by atoms with van der Waals surface area (Å²) in [7, 11) is 1.79. The molecule has 1 fully saturated rings. The van der Waals surface area contributed by atoms with Crippen molar-refractivity contribution in [3.05, 3.63) is 29.3 Å². The van der Waals surface area contributed by atoms with Crippen molar-refractivity contribution in [3.63, 3.8) is 0 Å². The minimum Gasteiger partial charge on any atom is -0.344 e. The highest BCUT2D eigenvalue weighted by atomic mass is 35.5. The predicted molar refractivity (Wildman–Crippen MR) is 83.5 cm³/mol. The number of benzene rings is 1. The summed E-state index contributed by atoms with van der Waals surface area (Å²) < 4.78 is 0. The van der Waals surface area contributed by atoms with Crippen LogP contribution < -0.4 is 15.5 Å². The maximum absolute atomic E-state index is 12.5. The summed E-state index contributed by atoms with van der Waals surface area (Å²) >= 11 is 6.16. The third-order valence-corrected chi connectivity index (χ3v) is 3.84. The van der Waals surface area contributed by atoms with Crippen LogP contribution in [0, 0.1) is 0 Å². The fourth-order valence-corrected chi connectivity index (χ4v) is 2.66. The van der Waals surface area contributed by atoms with Crippen molar-refractivity contribution in [1.82, 2.24) is 10.6 Å². The Bertz CT molecular complexity index is 521. The number of anilines is 1. The van der Waals surface area contributed by atoms with E-state index in [1.54, 1.807) is 18.0 Å². The van der Waals surface area contributed by atoms with Crippen LogP contribution in [0.5, 0.6) is 0 Å². The van der Waals surface area contributed by atoms with E-state index in [0.717, 1.165) is 6.42 Å². The zero-order valence-corrected chi connectivity index (χ0v) is 12.8. The molecule has 2 N–H and O–H groups in total. The van der Waals surface area contributed by atoms with E-state index in [0.29, 0.717) is 36.6 Å². The Morgan fingerprint density at radius 3 is 2.90 bits per heavy atom. The summed E-state index contributed by atoms with van der Waals surface area (Å²) in [5, 5.41) is 6.27. The van der Waals surface area contributed by atoms with Crippen molar-refractivity contribution in [2.45, 2.75) is 25.3 Å². The topological polar surface area (TPSA) is 61.4 Å². The van der Waals surface area contributed by atoms with Gasteiger partial charge in [-0.15, -0.1) is 0 Å². The van der Waals surface area contributed by atoms with Gasteiger partial charge in [-0.2, -0.15) is 0 Å². The average molecular weight is 310 g/mol. The van der Waals surface area contributed by atoms with Gasteiger partial charge in [0.05, 0.1) is 10.7 Å². The fourth-order valence-electron chi connectivity index (χ4n) is 2.42. The average Bonchev–Trinajstić information content (AvgIpc) is 2.48. The highest BCUT2D eigenvalue weighted by Crippen LogP contribution is 2.28. The summed E-state index contributed by atoms with van der Waals surface area (Å²) in [6.45, 7) is 1.23. The van der Waals surface area contributed by atoms with Crippen LogP contribution in [0.3, 0.4) is 0 Å². The molecule has 0 radical (unpaired) electrons. The lowest BCUT2D eigenvalue weighted by atomic mass is 10.0. The van der Waals surface area contributed by atoms with Crippen molar-refractivity contribution < 1.29 is 9.59 Å². The highest BCUT2D eigenvalue weighted by Gasteiger charge is 2.31. The molecule has 1 atom stereocenters. The Balaban J connectivity index is 2.05. The Hall–Kier alpha value is -1.59. The number of carbonyl (C=O) groups excluding carboxylic acids is 2. The summed E-state index contributed by atoms with van der Waals surface area (Å²) in [5.74, 6) is -0.198. The van der Waals surface area contributed by atoms with Crippen LogP contribution in [-0.4, -0.2) is 38.0 Å². The molecule has 0 bridgehead atoms. The number of nitrogens with zero attached hydrogens (tertiary/aromatic N) is 1. The first-order valence-electron chi connectivity index (χ1n) is 7.13. The Kier molecular flexibility index (Phi) is 5.59. The normalized spacial score (nSPS) is 18.7. The van der Waals surface area contributed by atoms with Gasteiger partial charge in [-0.3, -0.25) is 9.59 Å². The molecule has 1 unspecified atom stereocenters. The van der Waals surface area contributed by atoms with Crippen LogP contribution in [0.4, 0.5) is 5.69 Å². The molecule has 1 saturated heterocycles. The molecular formula is C15H20ClN3O2. The molecule has 2 amide bonds. The number of hydrogen-bond donors (Lipinski definition) is 2. The van der Waals surface area contributed by atoms with Crippen molar-refractivity contribution in [2.75, 3.05) is 25.0 Å². The van der Waals surface area contributed by atoms with Gasteiger partial charge in [-0.1, -0.05) is 23.7 Å². The van der Waals surface area contributed by atoms with Crippen molar-refractivity contribution in [2.24, 2.45) is 0 Å². The first kappa shape index (κ1) is 15.8. The van der Waals surface area contributed by atoms with Gasteiger partial charge in [0.25, 0.3) is 0 Å². The molecule has 1 aliphatic rings. The highest BCUT2D eigenvalue weighted by molar-refractivity contribution is 6.33. The first-order chi connectivity index (χ1) is 10.1. The maximum atomic E-state index is 12.5. The third kappa shape index (κ3) is 3.95. The number of rotatable bonds is 5. The number of para-hydroxylation sites is 1. The lowest BCUT2D eigenvalue weighted by Gasteiger charge is -2.33. The molecule has 0 aliphatic carbocycles. The minimum atomic E-state index is -0.459. The van der Waals surface area contributed by atoms with Crippen LogP contribution in [0.25, 0.3) is 0 Å². The van der Waals surface area contributed by atoms with Crippen LogP contribution in [0.2, 0.25) is 5.02 Å². The van der Waals surface area contributed by atoms with Crippen LogP contribution in [-0.2, 0) is 9.59 Å². The molecule has 1 aromatic rings. The second-order valence-electron chi connectivity index (χ2n) is 5.06. The first-order valence-corrected chi connectivity index (χ1v) is 7.51. The fraction of sp³-hybridized carbons (Fsp3) is 0.467. The molecule has 1 heterocycles. The van der Waals surface area contributed by atoms with Gasteiger partial charge in [0, 0.05) is 19.5 Å². The van der Waals surface area contributed by atoms with Gasteiger partial charge < -0.3 is 15.5 Å². The molecule has 0 spiro atoms. The van der Waals surface area contributed by atoms with E-state index in [-0.39, 0.29) is 11.8 Å². The van der Waals surface area contributed by atoms with E-state index in [1.165, 1.54) is 0 Å². The number of piperidine rings is 1. The monoisotopic (exact) mass is 309 g/mol. The summed E-state index contributed by atoms with van der Waals surface area (Å²) in [6.07, 6.45) is 1.88. The van der Waals surface area contributed by atoms with Gasteiger partial charge in [-0.05, 0) is 32.0 Å². The lowest BCUT2D eigenvalue weighted by Crippen LogP contribution is -2.52. The molecule has 21 heavy (non-hydrogen) atoms. The quantitative estimate of drug-likeness (QED) is 0.868. The Morgan fingerprint density at radius 1 is 1.43 bits per heavy atom. The largest absolute Gasteiger partial charge is 0.344 e. The minimum absolute atomic E-state index is 0.0906. The van der Waals surface area contributed by atoms with E-state index in [2.05, 4.69) is 10.6 Å². The van der Waals surface area contributed by atoms with Gasteiger partial charge >= 0.3 is 0 Å². The Labute approximate surface area is 129 Å². The van der Waals surface area contributed by atoms with E-state index in [1.807, 2.05) is 18.2 Å². The van der Waals surface area contributed by atoms with Crippen molar-refractivity contribution in [3.8, 4) is 0 Å². The Morgan fingerprint density at radius 2 is 2.19 bits per heavy atom. The standard InChI is InChI=1S/C15H20ClN3O2/c1-17-9-8-14(20)18-12-6-4-10-19(15(12)21)13-7-3-2-5-11(13)16/h2-3,5,7,12,17H,4,6,8-10H2,1H3,(H,18,20). The van der Waals surface area contributed by atoms with Crippen LogP contribution >= 0.6 is 11.6 Å². The van der Waals surface area contributed by atoms with Crippen LogP contribution in [0.15, 0.2) is 24.3 Å². The molecular weight excluding hydrogens is 290 g/mol. The van der Waals surface area contributed by atoms with E-state index in [4.69, 9.17) is 11.6 Å². The SMILES string of the molecule is CNCCC(=O)NC1CCCN(c2ccccc2Cl)C1=O. The van der Waals surface area contributed by atoms with E-state index in [9.17, 15) is 9.59 Å². The zero-order valence-electron chi connectivity index (χ0n) is 12.1. The van der Waals surface area contributed by atoms with Gasteiger partial charge in [0.1, 0.15) is 6.04 Å². The molecule has 2 rings (SSSR count). The van der Waals surface area contributed by atoms with Gasteiger partial charge in [0.15, 0.2) is 0 Å². The van der Waals surface area contributed by atoms with Crippen molar-refractivity contribution in [1.29, 1.82) is 0 Å². The van der Waals surface area contributed by atoms with Gasteiger partial charge in [-0.25, -0.2) is 0 Å². The van der Waals surface area contributed by atoms with E-state index >= 15 is 0 Å². The van der Waals surface area contributed by atoms with Crippen molar-refractivity contribution >= 4 is 29.1 Å². The molecule has 6 heteroatoms. The number of halogens is 1. The number of amides is 2. The van der Waals surface area contributed by atoms with E-state index < -0.39 is 6.04 Å². The lowest BCUT2D eigenvalue weighted by molar-refractivity contribution is -0.128. The zero-order chi connectivity index (χ0) is 15.2. The summed E-state index contributed by atoms with van der Waals surface area (Å²) in [4.78, 5) is 26.0. The molecule has 5 nitrogen and oxygen atoms in total. The maximum Gasteiger partial charge on any atom is 0.249 e. The number of hydrogen-bond acceptors (Lipinski definition) is 3. The molecule has 114 valence electrons. The molecule has 1 aliphatic heterocycles. The second-order valence-corrected chi connectivity index (χ2v) is 5.46. The number of nitrogens with one attached hydrogen (secondary N) is 2. The third-order valence-electron chi connectivity index (χ3n) is 3.52. The number of carbonyl (C=O) groups is 2. The predicted octanol–water partition coefficient (Wildman–Crippen LogP) is 1.56. The molecule has 0 aromatic heterocycles. The summed E-state index contributed by atoms with van der Waals surface area (Å²) in [5.41, 5.74) is 0.707. The summed E-state index contributed by atoms with van der Waals surface area (Å²) in [6, 6.07) is 6.81.